The van der Waals surface area contributed by atoms with Crippen LogP contribution in [0.15, 0.2) is 60.2 Å². The average molecular weight is 1100 g/mol. The second-order valence-corrected chi connectivity index (χ2v) is 23.4. The second-order valence-electron chi connectivity index (χ2n) is 13.9. The zero-order chi connectivity index (χ0) is 50.4. The molecule has 69 heavy (non-hydrogen) atoms. The van der Waals surface area contributed by atoms with Crippen molar-refractivity contribution >= 4 is 164 Å². The van der Waals surface area contributed by atoms with Gasteiger partial charge in [0.2, 0.25) is 11.9 Å². The van der Waals surface area contributed by atoms with Crippen LogP contribution in [0.4, 0.5) is 56.0 Å². The molecule has 9 N–H and O–H groups in total. The van der Waals surface area contributed by atoms with Crippen LogP contribution < -0.4 is 41.4 Å². The maximum Gasteiger partial charge on any atom is 0.304 e. The van der Waals surface area contributed by atoms with E-state index >= 15 is 0 Å². The first kappa shape index (κ1) is 53.1. The molecule has 0 fully saturated rings. The summed E-state index contributed by atoms with van der Waals surface area (Å²) >= 11 is 4.81. The van der Waals surface area contributed by atoms with Crippen molar-refractivity contribution in [2.45, 2.75) is 41.3 Å². The summed E-state index contributed by atoms with van der Waals surface area (Å²) in [4.78, 5) is 18.7. The van der Waals surface area contributed by atoms with Gasteiger partial charge in [0.25, 0.3) is 10.1 Å². The minimum atomic E-state index is -4.44. The van der Waals surface area contributed by atoms with Crippen LogP contribution in [-0.2, 0) is 30.4 Å². The summed E-state index contributed by atoms with van der Waals surface area (Å²) in [7, 11) is -9.73. The third kappa shape index (κ3) is 13.1. The quantitative estimate of drug-likeness (QED) is 0.0164. The van der Waals surface area contributed by atoms with Crippen molar-refractivity contribution in [3.8, 4) is 11.5 Å². The van der Waals surface area contributed by atoms with Crippen LogP contribution in [0, 0.1) is 0 Å². The number of methoxy groups -OCH3 is 2. The summed E-state index contributed by atoms with van der Waals surface area (Å²) < 4.78 is 115. The molecular weight excluding hydrogens is 1060 g/mol. The summed E-state index contributed by atoms with van der Waals surface area (Å²) in [6.07, 6.45) is 0. The van der Waals surface area contributed by atoms with Crippen molar-refractivity contribution < 1.29 is 48.4 Å². The Balaban J connectivity index is 0.000000514. The number of nitrogens with one attached hydrogen (secondary N) is 2. The number of ether oxygens (including phenoxy) is 2. The maximum atomic E-state index is 11.8. The van der Waals surface area contributed by atoms with Gasteiger partial charge in [0.05, 0.1) is 53.8 Å². The van der Waals surface area contributed by atoms with Gasteiger partial charge in [-0.25, -0.2) is 0 Å². The molecular formula is C37H45N13O11S8. The number of azo groups is 1. The number of hydrogen-bond donors (Lipinski definition) is 7. The Bertz CT molecular complexity index is 3330. The number of benzene rings is 2. The second kappa shape index (κ2) is 22.2. The van der Waals surface area contributed by atoms with Crippen LogP contribution in [0.1, 0.15) is 27.7 Å². The van der Waals surface area contributed by atoms with E-state index in [2.05, 4.69) is 54.4 Å². The standard InChI is InChI=1S/C32H41N11O8S5.C5H4N2O3S3/c1-7-42(8-2)23-15-20(19(33)14-25(23)50-5)34-30-36-31(38-32(37-30)52-11-12-55(44,45)46)35-21-16-24(43(9-3)10-4)26(51-6)17-22(21)39-40-28-18-13-27(56(47,48)49)53-29(18)41-54-28;6-4-2-1-3(13(8,9)10)11-5(2)7-12-4/h13-17H,7-12,33H2,1-6H3,(H,44,45,46)(H,47,48,49)(H2,34,35,36,37,38);1H,6H2,(H,8,9,10). The number of hydrogen-bond acceptors (Lipinski definition) is 26. The Labute approximate surface area is 416 Å². The molecule has 0 radical (unpaired) electrons. The Hall–Kier alpha value is -5.29. The van der Waals surface area contributed by atoms with Gasteiger partial charge >= 0.3 is 20.2 Å². The van der Waals surface area contributed by atoms with Gasteiger partial charge in [-0.3, -0.25) is 13.7 Å². The van der Waals surface area contributed by atoms with E-state index in [-0.39, 0.29) is 36.9 Å². The number of thioether (sulfide) groups is 1. The molecule has 0 unspecified atom stereocenters. The van der Waals surface area contributed by atoms with Gasteiger partial charge in [-0.15, -0.1) is 32.9 Å². The van der Waals surface area contributed by atoms with E-state index in [0.29, 0.717) is 85.2 Å². The van der Waals surface area contributed by atoms with Gasteiger partial charge in [-0.05, 0) is 75.0 Å². The number of nitrogens with two attached hydrogens (primary N) is 2. The molecule has 0 amide bonds. The number of rotatable bonds is 20. The van der Waals surface area contributed by atoms with Crippen molar-refractivity contribution in [1.82, 2.24) is 23.7 Å². The Kier molecular flexibility index (Phi) is 17.1. The van der Waals surface area contributed by atoms with Crippen LogP contribution in [0.25, 0.3) is 20.4 Å². The topological polar surface area (TPSA) is 353 Å². The lowest BCUT2D eigenvalue weighted by Crippen LogP contribution is -2.22. The molecule has 5 heterocycles. The predicted molar refractivity (Wildman–Crippen MR) is 274 cm³/mol. The molecule has 7 aromatic rings. The Morgan fingerprint density at radius 1 is 0.681 bits per heavy atom. The maximum absolute atomic E-state index is 11.8. The zero-order valence-electron chi connectivity index (χ0n) is 37.3. The fraction of sp³-hybridized carbons (Fsp3) is 0.324. The van der Waals surface area contributed by atoms with E-state index in [1.165, 1.54) is 19.2 Å². The molecule has 7 rings (SSSR count). The number of aromatic nitrogens is 5. The monoisotopic (exact) mass is 1100 g/mol. The van der Waals surface area contributed by atoms with Gasteiger partial charge < -0.3 is 41.4 Å². The van der Waals surface area contributed by atoms with E-state index in [0.717, 1.165) is 68.9 Å². The molecule has 0 saturated carbocycles. The van der Waals surface area contributed by atoms with Gasteiger partial charge in [0, 0.05) is 49.5 Å². The molecule has 372 valence electrons. The molecule has 24 nitrogen and oxygen atoms in total. The SMILES string of the molecule is CCN(CC)c1cc(Nc2nc(Nc3cc(N(CC)CC)c(OC)cc3N=Nc3snc4sc(S(=O)(=O)O)cc34)nc(SCCS(=O)(=O)O)n2)c(N)cc1OC.Nc1snc2sc(S(=O)(=O)O)cc12. The van der Waals surface area contributed by atoms with Gasteiger partial charge in [0.1, 0.15) is 40.3 Å². The molecule has 0 saturated heterocycles. The number of nitrogens with zero attached hydrogens (tertiary/aromatic N) is 9. The van der Waals surface area contributed by atoms with Crippen molar-refractivity contribution in [3.63, 3.8) is 0 Å². The van der Waals surface area contributed by atoms with Crippen LogP contribution in [0.3, 0.4) is 0 Å². The highest BCUT2D eigenvalue weighted by atomic mass is 32.3. The van der Waals surface area contributed by atoms with Gasteiger partial charge in [-0.1, -0.05) is 11.8 Å². The Morgan fingerprint density at radius 3 is 1.71 bits per heavy atom. The third-order valence-corrected chi connectivity index (χ3v) is 17.8. The molecule has 2 aromatic carbocycles. The molecule has 0 aliphatic carbocycles. The fourth-order valence-corrected chi connectivity index (χ4v) is 12.9. The first-order chi connectivity index (χ1) is 32.6. The molecule has 0 spiro atoms. The van der Waals surface area contributed by atoms with Crippen molar-refractivity contribution in [3.05, 3.63) is 36.4 Å². The van der Waals surface area contributed by atoms with E-state index in [9.17, 15) is 34.4 Å². The zero-order valence-corrected chi connectivity index (χ0v) is 43.8. The predicted octanol–water partition coefficient (Wildman–Crippen LogP) is 8.15. The van der Waals surface area contributed by atoms with E-state index < -0.39 is 36.1 Å². The fourth-order valence-electron chi connectivity index (χ4n) is 6.28. The molecule has 0 bridgehead atoms. The smallest absolute Gasteiger partial charge is 0.304 e. The third-order valence-electron chi connectivity index (χ3n) is 9.61. The van der Waals surface area contributed by atoms with Crippen molar-refractivity contribution in [2.24, 2.45) is 10.2 Å². The minimum Gasteiger partial charge on any atom is -0.495 e. The highest BCUT2D eigenvalue weighted by Crippen LogP contribution is 2.43. The molecule has 0 aliphatic rings. The van der Waals surface area contributed by atoms with E-state index in [1.54, 1.807) is 25.3 Å². The summed E-state index contributed by atoms with van der Waals surface area (Å²) in [5, 5.41) is 17.1. The van der Waals surface area contributed by atoms with Gasteiger partial charge in [-0.2, -0.15) is 49.0 Å². The average Bonchev–Trinajstić information content (AvgIpc) is 4.08. The van der Waals surface area contributed by atoms with Crippen LogP contribution in [-0.4, -0.2) is 115 Å². The van der Waals surface area contributed by atoms with E-state index in [4.69, 9.17) is 25.5 Å². The number of fused-ring (bicyclic) bond motifs is 2. The Morgan fingerprint density at radius 2 is 1.19 bits per heavy atom. The normalized spacial score (nSPS) is 12.1. The lowest BCUT2D eigenvalue weighted by Gasteiger charge is -2.25. The number of anilines is 8. The summed E-state index contributed by atoms with van der Waals surface area (Å²) in [6.45, 7) is 10.7. The highest BCUT2D eigenvalue weighted by Gasteiger charge is 2.22. The molecule has 5 aromatic heterocycles. The first-order valence-corrected chi connectivity index (χ1v) is 28.7. The number of thiophene rings is 2. The van der Waals surface area contributed by atoms with Crippen LogP contribution >= 0.6 is 57.5 Å². The lowest BCUT2D eigenvalue weighted by atomic mass is 10.2. The van der Waals surface area contributed by atoms with Crippen molar-refractivity contribution in [1.29, 1.82) is 0 Å². The largest absolute Gasteiger partial charge is 0.495 e. The highest BCUT2D eigenvalue weighted by molar-refractivity contribution is 8.00. The lowest BCUT2D eigenvalue weighted by molar-refractivity contribution is 0.414. The summed E-state index contributed by atoms with van der Waals surface area (Å²) in [6, 6.07) is 9.60. The van der Waals surface area contributed by atoms with Crippen molar-refractivity contribution in [2.75, 3.05) is 83.8 Å². The summed E-state index contributed by atoms with van der Waals surface area (Å²) in [5.74, 6) is 0.584. The van der Waals surface area contributed by atoms with Crippen LogP contribution in [0.2, 0.25) is 0 Å². The van der Waals surface area contributed by atoms with Crippen LogP contribution in [0.5, 0.6) is 11.5 Å². The molecule has 0 aliphatic heterocycles. The minimum absolute atomic E-state index is 0.0378. The summed E-state index contributed by atoms with van der Waals surface area (Å²) in [5.41, 5.74) is 15.0. The number of nitrogen functional groups attached to an aromatic ring is 2. The van der Waals surface area contributed by atoms with Gasteiger partial charge in [0.15, 0.2) is 10.2 Å². The molecule has 0 atom stereocenters. The van der Waals surface area contributed by atoms with E-state index in [1.807, 2.05) is 33.8 Å². The molecule has 32 heteroatoms. The first-order valence-electron chi connectivity index (χ1n) is 20.1.